The van der Waals surface area contributed by atoms with Gasteiger partial charge in [-0.15, -0.1) is 0 Å². The molecule has 9 atom stereocenters. The van der Waals surface area contributed by atoms with E-state index in [4.69, 9.17) is 33.2 Å². The summed E-state index contributed by atoms with van der Waals surface area (Å²) < 4.78 is 26.7. The van der Waals surface area contributed by atoms with E-state index in [9.17, 15) is 107 Å². The molecule has 3 aliphatic heterocycles. The monoisotopic (exact) mass is 1540 g/mol. The number of nitrogens with zero attached hydrogens (tertiary/aromatic N) is 1. The van der Waals surface area contributed by atoms with Gasteiger partial charge in [0, 0.05) is 67.4 Å². The fourth-order valence-electron chi connectivity index (χ4n) is 12.2. The van der Waals surface area contributed by atoms with E-state index in [1.807, 2.05) is 5.32 Å². The van der Waals surface area contributed by atoms with Crippen LogP contribution in [0.25, 0.3) is 0 Å². The third kappa shape index (κ3) is 22.7. The fourth-order valence-corrected chi connectivity index (χ4v) is 12.5. The van der Waals surface area contributed by atoms with Crippen LogP contribution in [0, 0.1) is 11.7 Å². The number of ether oxygens (including phenoxy) is 2. The molecule has 109 heavy (non-hydrogen) atoms. The van der Waals surface area contributed by atoms with E-state index in [1.165, 1.54) is 54.3 Å². The van der Waals surface area contributed by atoms with Gasteiger partial charge in [-0.2, -0.15) is 0 Å². The Morgan fingerprint density at radius 3 is 1.72 bits per heavy atom. The Balaban J connectivity index is 0.936. The van der Waals surface area contributed by atoms with Crippen molar-refractivity contribution in [1.82, 2.24) is 58.1 Å². The van der Waals surface area contributed by atoms with Crippen molar-refractivity contribution in [2.24, 2.45) is 17.4 Å². The highest BCUT2D eigenvalue weighted by Crippen LogP contribution is 2.57. The molecule has 7 rings (SSSR count). The minimum Gasteiger partial charge on any atom is -0.508 e. The van der Waals surface area contributed by atoms with E-state index < -0.39 is 206 Å². The summed E-state index contributed by atoms with van der Waals surface area (Å²) in [4.78, 5) is 211. The number of fused-ring (bicyclic) bond motifs is 6. The van der Waals surface area contributed by atoms with Gasteiger partial charge in [0.05, 0.1) is 31.4 Å². The van der Waals surface area contributed by atoms with Crippen molar-refractivity contribution in [1.29, 1.82) is 0 Å². The van der Waals surface area contributed by atoms with E-state index in [1.54, 1.807) is 38.1 Å². The lowest BCUT2D eigenvalue weighted by Crippen LogP contribution is -2.60. The molecule has 39 heteroatoms. The van der Waals surface area contributed by atoms with E-state index in [0.717, 1.165) is 19.1 Å². The van der Waals surface area contributed by atoms with Crippen molar-refractivity contribution in [2.45, 2.75) is 158 Å². The largest absolute Gasteiger partial charge is 0.508 e. The van der Waals surface area contributed by atoms with Crippen molar-refractivity contribution in [3.05, 3.63) is 112 Å². The number of carboxylic acids is 3. The van der Waals surface area contributed by atoms with Crippen molar-refractivity contribution >= 4 is 118 Å². The molecule has 12 amide bonds. The van der Waals surface area contributed by atoms with E-state index >= 15 is 0 Å². The first-order valence-corrected chi connectivity index (χ1v) is 34.6. The van der Waals surface area contributed by atoms with Gasteiger partial charge in [0.2, 0.25) is 70.9 Å². The summed E-state index contributed by atoms with van der Waals surface area (Å²) >= 11 is 5.49. The van der Waals surface area contributed by atoms with Gasteiger partial charge in [0.1, 0.15) is 83.2 Å². The number of hydrogen-bond donors (Lipinski definition) is 18. The van der Waals surface area contributed by atoms with Crippen LogP contribution >= 0.6 is 12.2 Å². The van der Waals surface area contributed by atoms with Crippen molar-refractivity contribution in [3.63, 3.8) is 0 Å². The maximum Gasteiger partial charge on any atom is 0.340 e. The molecular weight excluding hydrogens is 1460 g/mol. The molecule has 0 aromatic heterocycles. The number of likely N-dealkylation sites (tertiary alicyclic amines) is 1. The zero-order valence-electron chi connectivity index (χ0n) is 59.2. The number of carboxylic acid groups (broad SMARTS) is 3. The number of phenolic OH excluding ortho intramolecular Hbond substituents is 2. The SMILES string of the molecule is CC(=O)N[C@H](C(=O)N1CCC[C@H]1C(=O)NCC(=O)N[C@@H](CCC(N)=O)C(=O)N[C@@H](Cc1cccc(F)c1)C(=O)N[C@@H](CC(=O)O)C(=O)N[C@@H](CC(=O)O)C(=O)N[C@@H](C)C(=O)N[C@@H](CC(=O)O)C(=O)N[C@@H](CCCCNC(=S)Nc1ccc2c(c1)C(=O)OC21c2ccc(O)cc2Oc2cc(O)ccc21)C(N)=O)C(C)C. The van der Waals surface area contributed by atoms with Crippen LogP contribution in [0.4, 0.5) is 10.1 Å². The Kier molecular flexibility index (Phi) is 28.9. The van der Waals surface area contributed by atoms with Gasteiger partial charge in [-0.3, -0.25) is 71.9 Å². The van der Waals surface area contributed by atoms with Crippen LogP contribution in [0.5, 0.6) is 23.0 Å². The van der Waals surface area contributed by atoms with Gasteiger partial charge in [0.25, 0.3) is 0 Å². The lowest BCUT2D eigenvalue weighted by Gasteiger charge is -2.36. The molecule has 1 saturated heterocycles. The summed E-state index contributed by atoms with van der Waals surface area (Å²) in [7, 11) is 0. The Hall–Kier alpha value is -12.6. The minimum atomic E-state index is -2.24. The highest BCUT2D eigenvalue weighted by atomic mass is 32.1. The number of anilines is 1. The predicted molar refractivity (Wildman–Crippen MR) is 380 cm³/mol. The Morgan fingerprint density at radius 2 is 1.17 bits per heavy atom. The molecule has 584 valence electrons. The summed E-state index contributed by atoms with van der Waals surface area (Å²) in [6, 6.07) is 2.64. The molecule has 0 unspecified atom stereocenters. The molecule has 0 aliphatic carbocycles. The number of rotatable bonds is 37. The van der Waals surface area contributed by atoms with Crippen LogP contribution in [-0.4, -0.2) is 204 Å². The number of thiocarbonyl (C=S) groups is 1. The van der Waals surface area contributed by atoms with Crippen molar-refractivity contribution in [3.8, 4) is 23.0 Å². The maximum atomic E-state index is 14.6. The van der Waals surface area contributed by atoms with Gasteiger partial charge in [-0.05, 0) is 118 Å². The smallest absolute Gasteiger partial charge is 0.340 e. The number of unbranched alkanes of at least 4 members (excludes halogenated alkanes) is 1. The first-order valence-electron chi connectivity index (χ1n) is 34.2. The molecular formula is C70H83FN14O23S. The molecule has 20 N–H and O–H groups in total. The zero-order valence-corrected chi connectivity index (χ0v) is 60.0. The molecule has 0 radical (unpaired) electrons. The number of aromatic hydroxyl groups is 2. The quantitative estimate of drug-likeness (QED) is 0.0137. The third-order valence-electron chi connectivity index (χ3n) is 17.5. The van der Waals surface area contributed by atoms with Crippen LogP contribution in [0.3, 0.4) is 0 Å². The second-order valence-corrected chi connectivity index (χ2v) is 26.6. The molecule has 0 bridgehead atoms. The van der Waals surface area contributed by atoms with E-state index in [0.29, 0.717) is 28.8 Å². The summed E-state index contributed by atoms with van der Waals surface area (Å²) in [6.45, 7) is 5.12. The van der Waals surface area contributed by atoms with Crippen LogP contribution < -0.4 is 74.7 Å². The molecule has 1 fully saturated rings. The van der Waals surface area contributed by atoms with Crippen molar-refractivity contribution in [2.75, 3.05) is 25.0 Å². The predicted octanol–water partition coefficient (Wildman–Crippen LogP) is -1.64. The standard InChI is InChI=1S/C70H83FN14O23S/c1-32(2)58(77-34(4)86)67(105)85-22-8-12-50(85)66(104)75-31-54(90)79-45(19-20-53(72)89)61(99)82-46(24-35-9-7-10-36(71)23-35)63(101)84-49(30-57(95)96)65(103)83-47(28-55(91)92)62(100)76-33(3)60(98)81-48(29-56(93)94)64(102)80-44(59(73)97)11-5-6-21-74-69(109)78-37-13-16-41-40(25-37)68(106)108-70(41)42-17-14-38(87)26-51(42)107-52-27-39(88)15-18-43(52)70/h7,9-10,13-18,23,25-27,32-33,44-50,58,87-88H,5-6,8,11-12,19-22,24,28-31H2,1-4H3,(H2,72,89)(H2,73,97)(H,75,104)(H,76,100)(H,77,86)(H,79,90)(H,80,102)(H,81,98)(H,82,99)(H,83,103)(H,84,101)(H,91,92)(H,93,94)(H,95,96)(H2,74,78,109)/t33-,44-,45-,46-,47-,48-,49-,50-,58-/m0/s1. The number of primary amides is 2. The van der Waals surface area contributed by atoms with Crippen molar-refractivity contribution < 1.29 is 116 Å². The molecule has 3 aliphatic rings. The number of esters is 1. The lowest BCUT2D eigenvalue weighted by atomic mass is 9.77. The number of benzene rings is 4. The Bertz CT molecular complexity index is 4210. The molecule has 3 heterocycles. The molecule has 1 spiro atoms. The molecule has 4 aromatic rings. The number of phenols is 2. The van der Waals surface area contributed by atoms with Crippen LogP contribution in [0.2, 0.25) is 0 Å². The minimum absolute atomic E-state index is 0.0120. The van der Waals surface area contributed by atoms with Gasteiger partial charge in [-0.1, -0.05) is 32.0 Å². The molecule has 37 nitrogen and oxygen atoms in total. The number of amides is 12. The second-order valence-electron chi connectivity index (χ2n) is 26.2. The topological polar surface area (TPSA) is 580 Å². The second kappa shape index (κ2) is 37.6. The first kappa shape index (κ1) is 83.7. The summed E-state index contributed by atoms with van der Waals surface area (Å²) in [5.41, 5.74) is 11.3. The zero-order chi connectivity index (χ0) is 80.3. The number of halogens is 1. The fraction of sp³-hybridized carbons (Fsp3) is 0.414. The number of nitrogens with two attached hydrogens (primary N) is 2. The van der Waals surface area contributed by atoms with Gasteiger partial charge < -0.3 is 110 Å². The molecule has 0 saturated carbocycles. The first-order chi connectivity index (χ1) is 51.4. The Morgan fingerprint density at radius 1 is 0.624 bits per heavy atom. The highest BCUT2D eigenvalue weighted by Gasteiger charge is 2.54. The van der Waals surface area contributed by atoms with Gasteiger partial charge in [0.15, 0.2) is 10.7 Å². The molecule has 4 aromatic carbocycles. The average Bonchev–Trinajstić information content (AvgIpc) is 1.67. The third-order valence-corrected chi connectivity index (χ3v) is 17.8. The summed E-state index contributed by atoms with van der Waals surface area (Å²) in [5, 5.41) is 76.2. The number of carbonyl (C=O) groups excluding carboxylic acids is 13. The summed E-state index contributed by atoms with van der Waals surface area (Å²) in [6.07, 6.45) is -4.49. The summed E-state index contributed by atoms with van der Waals surface area (Å²) in [5.74, 6) is -19.9. The lowest BCUT2D eigenvalue weighted by molar-refractivity contribution is -0.143. The number of carbonyl (C=O) groups is 16. The number of aliphatic carboxylic acids is 3. The Labute approximate surface area is 625 Å². The maximum absolute atomic E-state index is 14.6. The van der Waals surface area contributed by atoms with Gasteiger partial charge in [-0.25, -0.2) is 9.18 Å². The normalized spacial score (nSPS) is 15.7. The van der Waals surface area contributed by atoms with E-state index in [2.05, 4.69) is 53.2 Å². The number of nitrogens with one attached hydrogen (secondary N) is 11. The van der Waals surface area contributed by atoms with Crippen LogP contribution in [0.15, 0.2) is 78.9 Å². The van der Waals surface area contributed by atoms with E-state index in [-0.39, 0.29) is 83.9 Å². The average molecular weight is 1540 g/mol. The number of hydrogen-bond acceptors (Lipinski definition) is 21. The van der Waals surface area contributed by atoms with Crippen LogP contribution in [-0.2, 0) is 88.7 Å². The van der Waals surface area contributed by atoms with Crippen LogP contribution in [0.1, 0.15) is 125 Å². The van der Waals surface area contributed by atoms with Gasteiger partial charge >= 0.3 is 23.9 Å². The highest BCUT2D eigenvalue weighted by molar-refractivity contribution is 7.80.